The van der Waals surface area contributed by atoms with E-state index in [1.807, 2.05) is 26.0 Å². The van der Waals surface area contributed by atoms with E-state index in [9.17, 15) is 14.7 Å². The van der Waals surface area contributed by atoms with Gasteiger partial charge in [0, 0.05) is 12.8 Å². The van der Waals surface area contributed by atoms with E-state index in [0.717, 1.165) is 16.7 Å². The molecule has 152 valence electrons. The molecule has 27 heavy (non-hydrogen) atoms. The fourth-order valence-electron chi connectivity index (χ4n) is 2.86. The summed E-state index contributed by atoms with van der Waals surface area (Å²) in [7, 11) is 0. The molecule has 0 fully saturated rings. The number of amides is 2. The molecule has 0 atom stereocenters. The Morgan fingerprint density at radius 2 is 1.37 bits per heavy atom. The maximum Gasteiger partial charge on any atom is 0.238 e. The Balaban J connectivity index is 2.89. The summed E-state index contributed by atoms with van der Waals surface area (Å²) in [5, 5.41) is 10.8. The van der Waals surface area contributed by atoms with Gasteiger partial charge in [-0.05, 0) is 39.9 Å². The molecule has 2 amide bonds. The summed E-state index contributed by atoms with van der Waals surface area (Å²) in [4.78, 5) is 23.7. The lowest BCUT2D eigenvalue weighted by Gasteiger charge is -2.28. The Kier molecular flexibility index (Phi) is 7.47. The van der Waals surface area contributed by atoms with Crippen LogP contribution in [-0.2, 0) is 26.8 Å². The molecule has 0 aliphatic carbocycles. The molecule has 0 bridgehead atoms. The van der Waals surface area contributed by atoms with Crippen LogP contribution in [0.15, 0.2) is 12.1 Å². The highest BCUT2D eigenvalue weighted by Crippen LogP contribution is 2.39. The predicted octanol–water partition coefficient (Wildman–Crippen LogP) is 4.11. The van der Waals surface area contributed by atoms with Crippen molar-refractivity contribution in [2.75, 3.05) is 0 Å². The molecule has 0 aliphatic heterocycles. The number of carbonyl (C=O) groups is 2. The quantitative estimate of drug-likeness (QED) is 0.677. The van der Waals surface area contributed by atoms with E-state index >= 15 is 0 Å². The fourth-order valence-corrected chi connectivity index (χ4v) is 2.86. The Morgan fingerprint density at radius 3 is 1.78 bits per heavy atom. The van der Waals surface area contributed by atoms with E-state index in [4.69, 9.17) is 0 Å². The van der Waals surface area contributed by atoms with E-state index in [1.165, 1.54) is 0 Å². The third-order valence-electron chi connectivity index (χ3n) is 4.36. The minimum Gasteiger partial charge on any atom is -0.507 e. The molecule has 3 N–H and O–H groups in total. The fraction of sp³-hybridized carbons (Fsp3) is 0.636. The van der Waals surface area contributed by atoms with E-state index in [2.05, 4.69) is 52.4 Å². The van der Waals surface area contributed by atoms with Crippen LogP contribution in [0.5, 0.6) is 5.75 Å². The molecule has 1 aromatic rings. The minimum absolute atomic E-state index is 0.187. The third kappa shape index (κ3) is 7.24. The number of hydrogen-bond acceptors (Lipinski definition) is 3. The lowest BCUT2D eigenvalue weighted by atomic mass is 9.78. The summed E-state index contributed by atoms with van der Waals surface area (Å²) in [6.07, 6.45) is 1.18. The van der Waals surface area contributed by atoms with Crippen molar-refractivity contribution >= 4 is 11.8 Å². The number of aromatic hydroxyl groups is 1. The van der Waals surface area contributed by atoms with Gasteiger partial charge in [0.25, 0.3) is 0 Å². The predicted molar refractivity (Wildman–Crippen MR) is 110 cm³/mol. The normalized spacial score (nSPS) is 12.2. The third-order valence-corrected chi connectivity index (χ3v) is 4.36. The lowest BCUT2D eigenvalue weighted by molar-refractivity contribution is -0.129. The molecule has 0 heterocycles. The first-order valence-corrected chi connectivity index (χ1v) is 9.66. The molecule has 1 rings (SSSR count). The van der Waals surface area contributed by atoms with Gasteiger partial charge in [0.2, 0.25) is 11.8 Å². The van der Waals surface area contributed by atoms with Crippen molar-refractivity contribution in [1.82, 2.24) is 10.9 Å². The average molecular weight is 377 g/mol. The van der Waals surface area contributed by atoms with Crippen LogP contribution in [0, 0.1) is 5.92 Å². The highest BCUT2D eigenvalue weighted by molar-refractivity contribution is 5.82. The van der Waals surface area contributed by atoms with Gasteiger partial charge in [-0.2, -0.15) is 0 Å². The van der Waals surface area contributed by atoms with Crippen molar-refractivity contribution < 1.29 is 14.7 Å². The Morgan fingerprint density at radius 1 is 0.926 bits per heavy atom. The number of carbonyl (C=O) groups excluding carboxylic acids is 2. The van der Waals surface area contributed by atoms with Gasteiger partial charge in [-0.3, -0.25) is 20.4 Å². The number of phenolic OH excluding ortho intramolecular Hbond substituents is 1. The second-order valence-electron chi connectivity index (χ2n) is 9.73. The van der Waals surface area contributed by atoms with Crippen LogP contribution in [0.3, 0.4) is 0 Å². The van der Waals surface area contributed by atoms with Gasteiger partial charge in [0.15, 0.2) is 0 Å². The zero-order chi connectivity index (χ0) is 21.0. The van der Waals surface area contributed by atoms with E-state index in [0.29, 0.717) is 18.6 Å². The number of nitrogens with one attached hydrogen (secondary N) is 2. The van der Waals surface area contributed by atoms with Crippen LogP contribution >= 0.6 is 0 Å². The SMILES string of the molecule is CC(C)CC(=O)NNC(=O)CCc1cc(C(C)(C)C)c(O)c(C(C)(C)C)c1. The van der Waals surface area contributed by atoms with Gasteiger partial charge in [-0.1, -0.05) is 67.5 Å². The van der Waals surface area contributed by atoms with Crippen LogP contribution in [0.25, 0.3) is 0 Å². The smallest absolute Gasteiger partial charge is 0.238 e. The number of aryl methyl sites for hydroxylation is 1. The molecule has 5 nitrogen and oxygen atoms in total. The van der Waals surface area contributed by atoms with Gasteiger partial charge >= 0.3 is 0 Å². The second-order valence-corrected chi connectivity index (χ2v) is 9.73. The molecule has 0 unspecified atom stereocenters. The van der Waals surface area contributed by atoms with Crippen molar-refractivity contribution in [2.45, 2.75) is 85.5 Å². The maximum atomic E-state index is 12.1. The van der Waals surface area contributed by atoms with Crippen molar-refractivity contribution in [1.29, 1.82) is 0 Å². The molecule has 0 spiro atoms. The Labute approximate surface area is 163 Å². The molecular weight excluding hydrogens is 340 g/mol. The number of phenols is 1. The molecule has 5 heteroatoms. The van der Waals surface area contributed by atoms with Gasteiger partial charge in [0.05, 0.1) is 0 Å². The topological polar surface area (TPSA) is 78.4 Å². The first-order chi connectivity index (χ1) is 12.2. The molecule has 0 radical (unpaired) electrons. The summed E-state index contributed by atoms with van der Waals surface area (Å²) in [6, 6.07) is 3.96. The average Bonchev–Trinajstić information content (AvgIpc) is 2.48. The van der Waals surface area contributed by atoms with Crippen molar-refractivity contribution in [3.8, 4) is 5.75 Å². The Hall–Kier alpha value is -2.04. The number of rotatable bonds is 5. The highest BCUT2D eigenvalue weighted by atomic mass is 16.3. The molecular formula is C22H36N2O3. The maximum absolute atomic E-state index is 12.1. The van der Waals surface area contributed by atoms with Crippen molar-refractivity contribution in [3.05, 3.63) is 28.8 Å². The van der Waals surface area contributed by atoms with Crippen molar-refractivity contribution in [3.63, 3.8) is 0 Å². The standard InChI is InChI=1S/C22H36N2O3/c1-14(2)11-19(26)24-23-18(25)10-9-15-12-16(21(3,4)5)20(27)17(13-15)22(6,7)8/h12-14,27H,9-11H2,1-8H3,(H,23,25)(H,24,26). The van der Waals surface area contributed by atoms with Crippen LogP contribution in [0.4, 0.5) is 0 Å². The van der Waals surface area contributed by atoms with Crippen molar-refractivity contribution in [2.24, 2.45) is 5.92 Å². The summed E-state index contributed by atoms with van der Waals surface area (Å²) in [5.74, 6) is 0.164. The first kappa shape index (κ1) is 23.0. The molecule has 1 aromatic carbocycles. The van der Waals surface area contributed by atoms with Crippen LogP contribution in [-0.4, -0.2) is 16.9 Å². The molecule has 0 aromatic heterocycles. The molecule has 0 saturated heterocycles. The number of hydrogen-bond donors (Lipinski definition) is 3. The van der Waals surface area contributed by atoms with E-state index < -0.39 is 0 Å². The van der Waals surface area contributed by atoms with Gasteiger partial charge in [-0.25, -0.2) is 0 Å². The lowest BCUT2D eigenvalue weighted by Crippen LogP contribution is -2.42. The zero-order valence-electron chi connectivity index (χ0n) is 18.1. The van der Waals surface area contributed by atoms with Gasteiger partial charge in [0.1, 0.15) is 5.75 Å². The van der Waals surface area contributed by atoms with Gasteiger partial charge < -0.3 is 5.11 Å². The highest BCUT2D eigenvalue weighted by Gasteiger charge is 2.26. The summed E-state index contributed by atoms with van der Waals surface area (Å²) >= 11 is 0. The first-order valence-electron chi connectivity index (χ1n) is 9.66. The van der Waals surface area contributed by atoms with Crippen LogP contribution < -0.4 is 10.9 Å². The number of benzene rings is 1. The summed E-state index contributed by atoms with van der Waals surface area (Å²) in [6.45, 7) is 16.3. The van der Waals surface area contributed by atoms with Crippen LogP contribution in [0.2, 0.25) is 0 Å². The van der Waals surface area contributed by atoms with E-state index in [1.54, 1.807) is 0 Å². The minimum atomic E-state index is -0.227. The largest absolute Gasteiger partial charge is 0.507 e. The summed E-state index contributed by atoms with van der Waals surface area (Å²) in [5.41, 5.74) is 7.30. The second kappa shape index (κ2) is 8.77. The Bertz CT molecular complexity index is 645. The number of hydrazine groups is 1. The molecule has 0 aliphatic rings. The summed E-state index contributed by atoms with van der Waals surface area (Å²) < 4.78 is 0. The monoisotopic (exact) mass is 376 g/mol. The zero-order valence-corrected chi connectivity index (χ0v) is 18.1. The van der Waals surface area contributed by atoms with Crippen LogP contribution in [0.1, 0.15) is 84.9 Å². The van der Waals surface area contributed by atoms with Gasteiger partial charge in [-0.15, -0.1) is 0 Å². The van der Waals surface area contributed by atoms with E-state index in [-0.39, 0.29) is 35.0 Å². The molecule has 0 saturated carbocycles.